The van der Waals surface area contributed by atoms with E-state index in [2.05, 4.69) is 4.98 Å². The van der Waals surface area contributed by atoms with Gasteiger partial charge in [-0.25, -0.2) is 4.98 Å². The summed E-state index contributed by atoms with van der Waals surface area (Å²) >= 11 is 1.58. The second-order valence-electron chi connectivity index (χ2n) is 3.86. The van der Waals surface area contributed by atoms with Crippen LogP contribution in [0, 0.1) is 5.92 Å². The van der Waals surface area contributed by atoms with E-state index in [1.54, 1.807) is 17.5 Å². The Morgan fingerprint density at radius 2 is 2.31 bits per heavy atom. The molecule has 0 unspecified atom stereocenters. The van der Waals surface area contributed by atoms with Gasteiger partial charge in [-0.2, -0.15) is 0 Å². The normalized spacial score (nSPS) is 16.5. The van der Waals surface area contributed by atoms with Gasteiger partial charge >= 0.3 is 0 Å². The zero-order valence-electron chi connectivity index (χ0n) is 7.91. The lowest BCUT2D eigenvalue weighted by Gasteiger charge is -1.97. The van der Waals surface area contributed by atoms with E-state index in [1.165, 1.54) is 12.8 Å². The maximum Gasteiger partial charge on any atom is 0.176 e. The molecule has 13 heavy (non-hydrogen) atoms. The van der Waals surface area contributed by atoms with Crippen LogP contribution >= 0.6 is 11.3 Å². The number of aromatic nitrogens is 1. The Bertz CT molecular complexity index is 325. The van der Waals surface area contributed by atoms with E-state index in [1.807, 2.05) is 13.8 Å². The van der Waals surface area contributed by atoms with Crippen molar-refractivity contribution in [3.8, 4) is 0 Å². The van der Waals surface area contributed by atoms with Crippen molar-refractivity contribution < 1.29 is 4.79 Å². The highest BCUT2D eigenvalue weighted by molar-refractivity contribution is 7.13. The van der Waals surface area contributed by atoms with Crippen molar-refractivity contribution >= 4 is 17.1 Å². The number of nitrogens with zero attached hydrogens (tertiary/aromatic N) is 1. The second-order valence-corrected chi connectivity index (χ2v) is 4.92. The van der Waals surface area contributed by atoms with E-state index in [0.29, 0.717) is 5.92 Å². The average molecular weight is 195 g/mol. The van der Waals surface area contributed by atoms with Gasteiger partial charge in [0.15, 0.2) is 5.78 Å². The van der Waals surface area contributed by atoms with Crippen molar-refractivity contribution in [3.63, 3.8) is 0 Å². The Labute approximate surface area is 82.0 Å². The van der Waals surface area contributed by atoms with Crippen LogP contribution in [-0.2, 0) is 0 Å². The van der Waals surface area contributed by atoms with Crippen LogP contribution in [0.3, 0.4) is 0 Å². The minimum Gasteiger partial charge on any atom is -0.293 e. The predicted molar refractivity (Wildman–Crippen MR) is 53.3 cm³/mol. The average Bonchev–Trinajstić information content (AvgIpc) is 2.83. The van der Waals surface area contributed by atoms with Crippen LogP contribution in [0.15, 0.2) is 6.20 Å². The van der Waals surface area contributed by atoms with E-state index in [-0.39, 0.29) is 11.7 Å². The molecule has 2 rings (SSSR count). The summed E-state index contributed by atoms with van der Waals surface area (Å²) < 4.78 is 0. The van der Waals surface area contributed by atoms with Crippen LogP contribution in [0.5, 0.6) is 0 Å². The fourth-order valence-electron chi connectivity index (χ4n) is 1.21. The van der Waals surface area contributed by atoms with Crippen molar-refractivity contribution in [1.29, 1.82) is 0 Å². The Morgan fingerprint density at radius 3 is 2.85 bits per heavy atom. The molecule has 70 valence electrons. The molecule has 1 aromatic heterocycles. The molecule has 0 aliphatic heterocycles. The van der Waals surface area contributed by atoms with E-state index in [0.717, 1.165) is 9.88 Å². The van der Waals surface area contributed by atoms with Crippen molar-refractivity contribution in [3.05, 3.63) is 16.1 Å². The highest BCUT2D eigenvalue weighted by Gasteiger charge is 2.27. The van der Waals surface area contributed by atoms with Gasteiger partial charge in [0.1, 0.15) is 0 Å². The van der Waals surface area contributed by atoms with Gasteiger partial charge in [0.05, 0.1) is 9.88 Å². The first-order chi connectivity index (χ1) is 6.18. The number of thiazole rings is 1. The molecular formula is C10H13NOS. The van der Waals surface area contributed by atoms with Gasteiger partial charge in [0, 0.05) is 18.0 Å². The molecule has 1 aliphatic carbocycles. The predicted octanol–water partition coefficient (Wildman–Crippen LogP) is 2.86. The van der Waals surface area contributed by atoms with Crippen molar-refractivity contribution in [2.24, 2.45) is 5.92 Å². The molecular weight excluding hydrogens is 182 g/mol. The summed E-state index contributed by atoms with van der Waals surface area (Å²) in [6.45, 7) is 3.86. The van der Waals surface area contributed by atoms with Gasteiger partial charge < -0.3 is 0 Å². The lowest BCUT2D eigenvalue weighted by atomic mass is 10.1. The van der Waals surface area contributed by atoms with Gasteiger partial charge in [-0.1, -0.05) is 13.8 Å². The van der Waals surface area contributed by atoms with Gasteiger partial charge in [-0.05, 0) is 12.8 Å². The summed E-state index contributed by atoms with van der Waals surface area (Å²) in [7, 11) is 0. The highest BCUT2D eigenvalue weighted by Crippen LogP contribution is 2.41. The SMILES string of the molecule is CC(C)C(=O)c1cnc(C2CC2)s1. The number of hydrogen-bond donors (Lipinski definition) is 0. The zero-order valence-corrected chi connectivity index (χ0v) is 8.73. The molecule has 1 heterocycles. The first kappa shape index (κ1) is 8.88. The van der Waals surface area contributed by atoms with Crippen LogP contribution in [0.1, 0.15) is 47.3 Å². The lowest BCUT2D eigenvalue weighted by Crippen LogP contribution is -2.04. The van der Waals surface area contributed by atoms with E-state index >= 15 is 0 Å². The quantitative estimate of drug-likeness (QED) is 0.694. The molecule has 2 nitrogen and oxygen atoms in total. The molecule has 0 spiro atoms. The largest absolute Gasteiger partial charge is 0.293 e. The van der Waals surface area contributed by atoms with Crippen LogP contribution in [0.25, 0.3) is 0 Å². The number of hydrogen-bond acceptors (Lipinski definition) is 3. The minimum absolute atomic E-state index is 0.0903. The highest BCUT2D eigenvalue weighted by atomic mass is 32.1. The number of carbonyl (C=O) groups is 1. The maximum atomic E-state index is 11.6. The smallest absolute Gasteiger partial charge is 0.176 e. The third kappa shape index (κ3) is 1.80. The molecule has 1 aliphatic rings. The summed E-state index contributed by atoms with van der Waals surface area (Å²) in [6, 6.07) is 0. The third-order valence-electron chi connectivity index (χ3n) is 2.22. The lowest BCUT2D eigenvalue weighted by molar-refractivity contribution is 0.0943. The van der Waals surface area contributed by atoms with Crippen LogP contribution in [-0.4, -0.2) is 10.8 Å². The standard InChI is InChI=1S/C10H13NOS/c1-6(2)9(12)8-5-11-10(13-8)7-3-4-7/h5-7H,3-4H2,1-2H3. The molecule has 0 saturated heterocycles. The van der Waals surface area contributed by atoms with Crippen molar-refractivity contribution in [1.82, 2.24) is 4.98 Å². The Kier molecular flexibility index (Phi) is 2.20. The minimum atomic E-state index is 0.0903. The molecule has 1 aromatic rings. The maximum absolute atomic E-state index is 11.6. The van der Waals surface area contributed by atoms with E-state index in [9.17, 15) is 4.79 Å². The number of carbonyl (C=O) groups excluding carboxylic acids is 1. The number of Topliss-reactive ketones (excluding diaryl/α,β-unsaturated/α-hetero) is 1. The van der Waals surface area contributed by atoms with Gasteiger partial charge in [0.25, 0.3) is 0 Å². The summed E-state index contributed by atoms with van der Waals surface area (Å²) in [4.78, 5) is 16.7. The van der Waals surface area contributed by atoms with Crippen molar-refractivity contribution in [2.45, 2.75) is 32.6 Å². The van der Waals surface area contributed by atoms with Crippen LogP contribution in [0.2, 0.25) is 0 Å². The molecule has 1 fully saturated rings. The van der Waals surface area contributed by atoms with Gasteiger partial charge in [0.2, 0.25) is 0 Å². The Morgan fingerprint density at radius 1 is 1.62 bits per heavy atom. The molecule has 0 N–H and O–H groups in total. The Balaban J connectivity index is 2.16. The molecule has 1 saturated carbocycles. The summed E-state index contributed by atoms with van der Waals surface area (Å²) in [5.74, 6) is 0.982. The molecule has 3 heteroatoms. The monoisotopic (exact) mass is 195 g/mol. The fraction of sp³-hybridized carbons (Fsp3) is 0.600. The second kappa shape index (κ2) is 3.22. The fourth-order valence-corrected chi connectivity index (χ4v) is 2.38. The molecule has 0 radical (unpaired) electrons. The van der Waals surface area contributed by atoms with Crippen LogP contribution in [0.4, 0.5) is 0 Å². The zero-order chi connectivity index (χ0) is 9.42. The summed E-state index contributed by atoms with van der Waals surface area (Å²) in [5.41, 5.74) is 0. The third-order valence-corrected chi connectivity index (χ3v) is 3.39. The summed E-state index contributed by atoms with van der Waals surface area (Å²) in [6.07, 6.45) is 4.24. The first-order valence-electron chi connectivity index (χ1n) is 4.68. The van der Waals surface area contributed by atoms with Gasteiger partial charge in [-0.15, -0.1) is 11.3 Å². The van der Waals surface area contributed by atoms with E-state index in [4.69, 9.17) is 0 Å². The molecule has 0 aromatic carbocycles. The Hall–Kier alpha value is -0.700. The van der Waals surface area contributed by atoms with Crippen LogP contribution < -0.4 is 0 Å². The number of ketones is 1. The van der Waals surface area contributed by atoms with Crippen molar-refractivity contribution in [2.75, 3.05) is 0 Å². The molecule has 0 bridgehead atoms. The van der Waals surface area contributed by atoms with E-state index < -0.39 is 0 Å². The molecule has 0 atom stereocenters. The molecule has 0 amide bonds. The first-order valence-corrected chi connectivity index (χ1v) is 5.50. The summed E-state index contributed by atoms with van der Waals surface area (Å²) in [5, 5.41) is 1.16. The number of rotatable bonds is 3. The topological polar surface area (TPSA) is 30.0 Å². The van der Waals surface area contributed by atoms with Gasteiger partial charge in [-0.3, -0.25) is 4.79 Å².